The highest BCUT2D eigenvalue weighted by molar-refractivity contribution is 7.99. The van der Waals surface area contributed by atoms with Gasteiger partial charge in [-0.3, -0.25) is 9.59 Å². The van der Waals surface area contributed by atoms with Crippen LogP contribution in [0, 0.1) is 11.8 Å². The number of nitrogens with one attached hydrogen (secondary N) is 2. The zero-order valence-corrected chi connectivity index (χ0v) is 19.5. The van der Waals surface area contributed by atoms with Gasteiger partial charge in [0.05, 0.1) is 7.11 Å². The van der Waals surface area contributed by atoms with Crippen LogP contribution in [-0.2, 0) is 16.1 Å². The number of hydrogen-bond acceptors (Lipinski definition) is 5. The molecule has 30 heavy (non-hydrogen) atoms. The van der Waals surface area contributed by atoms with Gasteiger partial charge in [0.25, 0.3) is 0 Å². The number of carbonyl (C=O) groups excluding carboxylic acids is 2. The van der Waals surface area contributed by atoms with Crippen LogP contribution in [0.3, 0.4) is 0 Å². The lowest BCUT2D eigenvalue weighted by Crippen LogP contribution is -2.50. The van der Waals surface area contributed by atoms with E-state index in [9.17, 15) is 9.59 Å². The van der Waals surface area contributed by atoms with Crippen LogP contribution in [0.25, 0.3) is 0 Å². The average molecular weight is 451 g/mol. The van der Waals surface area contributed by atoms with Crippen molar-refractivity contribution in [2.24, 2.45) is 11.8 Å². The molecule has 1 aliphatic heterocycles. The second-order valence-corrected chi connectivity index (χ2v) is 10.5. The fourth-order valence-electron chi connectivity index (χ4n) is 3.98. The number of thioether (sulfide) groups is 2. The molecule has 1 saturated carbocycles. The SMILES string of the molecule is COc1ccc(CNC(=O)[C@H](CSCC2CCCCC2)NC(=O)[C@H]2CCSC2)cc1. The smallest absolute Gasteiger partial charge is 0.243 e. The van der Waals surface area contributed by atoms with Gasteiger partial charge in [-0.25, -0.2) is 0 Å². The molecule has 166 valence electrons. The number of amides is 2. The fourth-order valence-corrected chi connectivity index (χ4v) is 6.47. The van der Waals surface area contributed by atoms with Gasteiger partial charge in [0, 0.05) is 24.0 Å². The molecule has 2 aliphatic rings. The first-order valence-electron chi connectivity index (χ1n) is 11.0. The zero-order valence-electron chi connectivity index (χ0n) is 17.9. The number of methoxy groups -OCH3 is 1. The Labute approximate surface area is 188 Å². The van der Waals surface area contributed by atoms with Gasteiger partial charge in [0.2, 0.25) is 11.8 Å². The predicted octanol–water partition coefficient (Wildman–Crippen LogP) is 3.86. The van der Waals surface area contributed by atoms with Crippen molar-refractivity contribution in [3.8, 4) is 5.75 Å². The molecule has 2 amide bonds. The monoisotopic (exact) mass is 450 g/mol. The van der Waals surface area contributed by atoms with Crippen LogP contribution in [0.4, 0.5) is 0 Å². The molecule has 0 spiro atoms. The molecule has 7 heteroatoms. The van der Waals surface area contributed by atoms with Crippen LogP contribution in [0.1, 0.15) is 44.1 Å². The number of ether oxygens (including phenoxy) is 1. The van der Waals surface area contributed by atoms with Crippen molar-refractivity contribution in [2.75, 3.05) is 30.1 Å². The van der Waals surface area contributed by atoms with Crippen LogP contribution in [0.2, 0.25) is 0 Å². The molecule has 5 nitrogen and oxygen atoms in total. The van der Waals surface area contributed by atoms with E-state index in [0.717, 1.165) is 40.9 Å². The molecule has 0 bridgehead atoms. The first-order valence-corrected chi connectivity index (χ1v) is 13.3. The molecule has 1 aromatic carbocycles. The molecule has 0 aromatic heterocycles. The highest BCUT2D eigenvalue weighted by atomic mass is 32.2. The Morgan fingerprint density at radius 2 is 1.93 bits per heavy atom. The van der Waals surface area contributed by atoms with Gasteiger partial charge in [-0.15, -0.1) is 0 Å². The van der Waals surface area contributed by atoms with E-state index >= 15 is 0 Å². The van der Waals surface area contributed by atoms with Crippen LogP contribution in [0.5, 0.6) is 5.75 Å². The number of carbonyl (C=O) groups is 2. The largest absolute Gasteiger partial charge is 0.497 e. The van der Waals surface area contributed by atoms with Crippen molar-refractivity contribution in [2.45, 2.75) is 51.1 Å². The van der Waals surface area contributed by atoms with Crippen molar-refractivity contribution >= 4 is 35.3 Å². The lowest BCUT2D eigenvalue weighted by atomic mass is 9.91. The Balaban J connectivity index is 1.51. The van der Waals surface area contributed by atoms with E-state index in [1.165, 1.54) is 32.1 Å². The Bertz CT molecular complexity index is 672. The van der Waals surface area contributed by atoms with Crippen LogP contribution in [-0.4, -0.2) is 48.0 Å². The van der Waals surface area contributed by atoms with Gasteiger partial charge in [-0.2, -0.15) is 23.5 Å². The highest BCUT2D eigenvalue weighted by Gasteiger charge is 2.28. The second kappa shape index (κ2) is 12.5. The normalized spacial score (nSPS) is 20.5. The minimum absolute atomic E-state index is 0.0304. The standard InChI is InChI=1S/C23H34N2O3S2/c1-28-20-9-7-17(8-10-20)13-24-23(27)21(25-22(26)19-11-12-29-15-19)16-30-14-18-5-3-2-4-6-18/h7-10,18-19,21H,2-6,11-16H2,1H3,(H,24,27)(H,25,26)/t19-,21-/m0/s1. The van der Waals surface area contributed by atoms with E-state index in [0.29, 0.717) is 12.3 Å². The molecule has 2 N–H and O–H groups in total. The Kier molecular flexibility index (Phi) is 9.72. The van der Waals surface area contributed by atoms with Crippen molar-refractivity contribution < 1.29 is 14.3 Å². The highest BCUT2D eigenvalue weighted by Crippen LogP contribution is 2.27. The number of rotatable bonds is 10. The van der Waals surface area contributed by atoms with E-state index in [-0.39, 0.29) is 17.7 Å². The summed E-state index contributed by atoms with van der Waals surface area (Å²) >= 11 is 3.63. The lowest BCUT2D eigenvalue weighted by molar-refractivity contribution is -0.130. The molecule has 1 aromatic rings. The summed E-state index contributed by atoms with van der Waals surface area (Å²) in [5.74, 6) is 5.13. The quantitative estimate of drug-likeness (QED) is 0.567. The maximum Gasteiger partial charge on any atom is 0.243 e. The predicted molar refractivity (Wildman–Crippen MR) is 126 cm³/mol. The fraction of sp³-hybridized carbons (Fsp3) is 0.652. The maximum atomic E-state index is 12.9. The zero-order chi connectivity index (χ0) is 21.2. The van der Waals surface area contributed by atoms with E-state index in [2.05, 4.69) is 10.6 Å². The molecule has 2 fully saturated rings. The van der Waals surface area contributed by atoms with Gasteiger partial charge in [0.15, 0.2) is 0 Å². The average Bonchev–Trinajstić information content (AvgIpc) is 3.33. The van der Waals surface area contributed by atoms with Crippen LogP contribution >= 0.6 is 23.5 Å². The Hall–Kier alpha value is -1.34. The van der Waals surface area contributed by atoms with E-state index in [1.54, 1.807) is 7.11 Å². The molecule has 1 aliphatic carbocycles. The molecular formula is C23H34N2O3S2. The summed E-state index contributed by atoms with van der Waals surface area (Å²) in [4.78, 5) is 25.5. The van der Waals surface area contributed by atoms with E-state index in [4.69, 9.17) is 4.74 Å². The molecule has 1 heterocycles. The van der Waals surface area contributed by atoms with Gasteiger partial charge in [-0.05, 0) is 54.4 Å². The summed E-state index contributed by atoms with van der Waals surface area (Å²) in [6, 6.07) is 7.19. The third kappa shape index (κ3) is 7.41. The maximum absolute atomic E-state index is 12.9. The first kappa shape index (κ1) is 23.3. The lowest BCUT2D eigenvalue weighted by Gasteiger charge is -2.23. The summed E-state index contributed by atoms with van der Waals surface area (Å²) in [6.45, 7) is 0.446. The summed E-state index contributed by atoms with van der Waals surface area (Å²) in [5, 5.41) is 6.05. The van der Waals surface area contributed by atoms with Crippen molar-refractivity contribution in [3.63, 3.8) is 0 Å². The first-order chi connectivity index (χ1) is 14.7. The second-order valence-electron chi connectivity index (χ2n) is 8.23. The topological polar surface area (TPSA) is 67.4 Å². The molecule has 2 atom stereocenters. The molecule has 0 radical (unpaired) electrons. The minimum Gasteiger partial charge on any atom is -0.497 e. The summed E-state index contributed by atoms with van der Waals surface area (Å²) in [5.41, 5.74) is 1.01. The van der Waals surface area contributed by atoms with E-state index in [1.807, 2.05) is 47.8 Å². The Morgan fingerprint density at radius 3 is 2.60 bits per heavy atom. The molecule has 3 rings (SSSR count). The van der Waals surface area contributed by atoms with E-state index < -0.39 is 6.04 Å². The summed E-state index contributed by atoms with van der Waals surface area (Å²) in [6.07, 6.45) is 7.51. The summed E-state index contributed by atoms with van der Waals surface area (Å²) < 4.78 is 5.18. The third-order valence-corrected chi connectivity index (χ3v) is 8.36. The summed E-state index contributed by atoms with van der Waals surface area (Å²) in [7, 11) is 1.64. The van der Waals surface area contributed by atoms with Crippen molar-refractivity contribution in [1.82, 2.24) is 10.6 Å². The van der Waals surface area contributed by atoms with Crippen molar-refractivity contribution in [3.05, 3.63) is 29.8 Å². The van der Waals surface area contributed by atoms with Crippen LogP contribution < -0.4 is 15.4 Å². The van der Waals surface area contributed by atoms with Gasteiger partial charge in [0.1, 0.15) is 11.8 Å². The van der Waals surface area contributed by atoms with Crippen molar-refractivity contribution in [1.29, 1.82) is 0 Å². The number of hydrogen-bond donors (Lipinski definition) is 2. The Morgan fingerprint density at radius 1 is 1.17 bits per heavy atom. The van der Waals surface area contributed by atoms with Gasteiger partial charge < -0.3 is 15.4 Å². The van der Waals surface area contributed by atoms with Gasteiger partial charge >= 0.3 is 0 Å². The molecular weight excluding hydrogens is 416 g/mol. The molecule has 1 saturated heterocycles. The van der Waals surface area contributed by atoms with Gasteiger partial charge in [-0.1, -0.05) is 31.4 Å². The molecule has 0 unspecified atom stereocenters. The number of benzene rings is 1. The minimum atomic E-state index is -0.477. The third-order valence-electron chi connectivity index (χ3n) is 5.92. The van der Waals surface area contributed by atoms with Crippen LogP contribution in [0.15, 0.2) is 24.3 Å².